The first-order chi connectivity index (χ1) is 27.2. The molecule has 330 valence electrons. The molecule has 1 fully saturated rings. The minimum atomic E-state index is -1.02. The van der Waals surface area contributed by atoms with E-state index in [9.17, 15) is 24.0 Å². The van der Waals surface area contributed by atoms with Gasteiger partial charge in [-0.2, -0.15) is 0 Å². The maximum Gasteiger partial charge on any atom is 0.407 e. The van der Waals surface area contributed by atoms with Crippen LogP contribution in [0.1, 0.15) is 157 Å². The van der Waals surface area contributed by atoms with Gasteiger partial charge in [-0.05, 0) is 124 Å². The third kappa shape index (κ3) is 24.8. The Balaban J connectivity index is 1.95. The van der Waals surface area contributed by atoms with Crippen molar-refractivity contribution in [3.8, 4) is 0 Å². The van der Waals surface area contributed by atoms with E-state index in [1.54, 1.807) is 20.8 Å². The van der Waals surface area contributed by atoms with E-state index >= 15 is 0 Å². The predicted octanol–water partition coefficient (Wildman–Crippen LogP) is 7.42. The molecule has 58 heavy (non-hydrogen) atoms. The van der Waals surface area contributed by atoms with Crippen LogP contribution in [0.2, 0.25) is 0 Å². The van der Waals surface area contributed by atoms with Gasteiger partial charge in [-0.3, -0.25) is 14.4 Å². The maximum absolute atomic E-state index is 13.8. The van der Waals surface area contributed by atoms with Crippen molar-refractivity contribution in [1.29, 1.82) is 0 Å². The minimum Gasteiger partial charge on any atom is -0.444 e. The van der Waals surface area contributed by atoms with Crippen molar-refractivity contribution in [1.82, 2.24) is 26.6 Å². The molecule has 0 aliphatic heterocycles. The van der Waals surface area contributed by atoms with E-state index in [4.69, 9.17) is 14.2 Å². The molecule has 0 aromatic heterocycles. The summed E-state index contributed by atoms with van der Waals surface area (Å²) in [6.45, 7) is 18.0. The fourth-order valence-corrected chi connectivity index (χ4v) is 6.60. The topological polar surface area (TPSA) is 173 Å². The third-order valence-corrected chi connectivity index (χ3v) is 9.58. The monoisotopic (exact) mass is 816 g/mol. The first-order valence-corrected chi connectivity index (χ1v) is 21.7. The SMILES string of the molecule is CC(C)(C)OC[C@H](NC(=O)Cc1ccc(CCCCCCNC(=O)OC(C)(C)C)cc1)C(=O)N[C@@H](CCCCNC(=O)OC(C)(C)C)C(=O)NCCC1CCCCC1. The molecular weight excluding hydrogens is 739 g/mol. The molecule has 1 aromatic carbocycles. The fourth-order valence-electron chi connectivity index (χ4n) is 6.60. The molecule has 0 heterocycles. The Labute approximate surface area is 349 Å². The Morgan fingerprint density at radius 1 is 0.603 bits per heavy atom. The summed E-state index contributed by atoms with van der Waals surface area (Å²) in [6.07, 6.45) is 12.5. The molecule has 13 heteroatoms. The molecule has 2 rings (SSSR count). The maximum atomic E-state index is 13.8. The molecule has 2 atom stereocenters. The highest BCUT2D eigenvalue weighted by atomic mass is 16.6. The van der Waals surface area contributed by atoms with Gasteiger partial charge in [0.2, 0.25) is 17.7 Å². The Kier molecular flexibility index (Phi) is 22.2. The number of ether oxygens (including phenoxy) is 3. The van der Waals surface area contributed by atoms with Crippen LogP contribution in [0.4, 0.5) is 9.59 Å². The van der Waals surface area contributed by atoms with Gasteiger partial charge in [0.25, 0.3) is 0 Å². The summed E-state index contributed by atoms with van der Waals surface area (Å²) in [6, 6.07) is 6.09. The van der Waals surface area contributed by atoms with Gasteiger partial charge < -0.3 is 40.8 Å². The van der Waals surface area contributed by atoms with E-state index in [-0.39, 0.29) is 30.9 Å². The molecule has 0 bridgehead atoms. The number of carbonyl (C=O) groups is 5. The number of aryl methyl sites for hydroxylation is 1. The van der Waals surface area contributed by atoms with Crippen LogP contribution in [-0.4, -0.2) is 85.0 Å². The van der Waals surface area contributed by atoms with E-state index < -0.39 is 40.9 Å². The number of hydrogen-bond donors (Lipinski definition) is 5. The van der Waals surface area contributed by atoms with Crippen LogP contribution in [0.5, 0.6) is 0 Å². The van der Waals surface area contributed by atoms with E-state index in [1.807, 2.05) is 65.8 Å². The molecule has 13 nitrogen and oxygen atoms in total. The number of alkyl carbamates (subject to hydrolysis) is 2. The number of amides is 5. The average molecular weight is 816 g/mol. The van der Waals surface area contributed by atoms with Crippen LogP contribution >= 0.6 is 0 Å². The molecule has 1 aliphatic carbocycles. The number of benzene rings is 1. The first kappa shape index (κ1) is 50.3. The Bertz CT molecular complexity index is 1390. The summed E-state index contributed by atoms with van der Waals surface area (Å²) in [5, 5.41) is 14.4. The third-order valence-electron chi connectivity index (χ3n) is 9.58. The molecular formula is C45H77N5O8. The van der Waals surface area contributed by atoms with Crippen molar-refractivity contribution in [2.75, 3.05) is 26.2 Å². The molecule has 1 saturated carbocycles. The van der Waals surface area contributed by atoms with Gasteiger partial charge in [-0.25, -0.2) is 9.59 Å². The van der Waals surface area contributed by atoms with Crippen molar-refractivity contribution >= 4 is 29.9 Å². The van der Waals surface area contributed by atoms with E-state index in [0.717, 1.165) is 44.1 Å². The van der Waals surface area contributed by atoms with Gasteiger partial charge in [-0.15, -0.1) is 0 Å². The zero-order valence-corrected chi connectivity index (χ0v) is 37.2. The van der Waals surface area contributed by atoms with Crippen molar-refractivity contribution in [3.05, 3.63) is 35.4 Å². The number of rotatable bonds is 23. The highest BCUT2D eigenvalue weighted by Gasteiger charge is 2.29. The highest BCUT2D eigenvalue weighted by molar-refractivity contribution is 5.92. The van der Waals surface area contributed by atoms with Gasteiger partial charge >= 0.3 is 12.2 Å². The Morgan fingerprint density at radius 3 is 1.72 bits per heavy atom. The lowest BCUT2D eigenvalue weighted by Crippen LogP contribution is -2.56. The number of hydrogen-bond acceptors (Lipinski definition) is 8. The summed E-state index contributed by atoms with van der Waals surface area (Å²) in [7, 11) is 0. The quantitative estimate of drug-likeness (QED) is 0.0710. The average Bonchev–Trinajstić information content (AvgIpc) is 3.11. The lowest BCUT2D eigenvalue weighted by Gasteiger charge is -2.27. The predicted molar refractivity (Wildman–Crippen MR) is 228 cm³/mol. The highest BCUT2D eigenvalue weighted by Crippen LogP contribution is 2.25. The van der Waals surface area contributed by atoms with Crippen molar-refractivity contribution in [2.24, 2.45) is 5.92 Å². The van der Waals surface area contributed by atoms with Gasteiger partial charge in [-0.1, -0.05) is 69.2 Å². The lowest BCUT2D eigenvalue weighted by atomic mass is 9.87. The molecule has 5 N–H and O–H groups in total. The summed E-state index contributed by atoms with van der Waals surface area (Å²) >= 11 is 0. The summed E-state index contributed by atoms with van der Waals surface area (Å²) < 4.78 is 16.5. The molecule has 0 spiro atoms. The number of unbranched alkanes of at least 4 members (excludes halogenated alkanes) is 4. The first-order valence-electron chi connectivity index (χ1n) is 21.7. The van der Waals surface area contributed by atoms with Crippen LogP contribution < -0.4 is 26.6 Å². The lowest BCUT2D eigenvalue weighted by molar-refractivity contribution is -0.134. The van der Waals surface area contributed by atoms with Crippen LogP contribution in [-0.2, 0) is 41.4 Å². The fraction of sp³-hybridized carbons (Fsp3) is 0.756. The molecule has 1 aromatic rings. The van der Waals surface area contributed by atoms with E-state index in [1.165, 1.54) is 37.7 Å². The second-order valence-electron chi connectivity index (χ2n) is 18.7. The second kappa shape index (κ2) is 25.6. The largest absolute Gasteiger partial charge is 0.444 e. The normalized spacial score (nSPS) is 14.8. The molecule has 0 saturated heterocycles. The van der Waals surface area contributed by atoms with Crippen LogP contribution in [0.3, 0.4) is 0 Å². The molecule has 0 radical (unpaired) electrons. The second-order valence-corrected chi connectivity index (χ2v) is 18.7. The van der Waals surface area contributed by atoms with Crippen LogP contribution in [0.25, 0.3) is 0 Å². The van der Waals surface area contributed by atoms with Gasteiger partial charge in [0.05, 0.1) is 18.6 Å². The summed E-state index contributed by atoms with van der Waals surface area (Å²) in [4.78, 5) is 64.5. The molecule has 1 aliphatic rings. The van der Waals surface area contributed by atoms with E-state index in [0.29, 0.717) is 44.8 Å². The van der Waals surface area contributed by atoms with Crippen LogP contribution in [0.15, 0.2) is 24.3 Å². The van der Waals surface area contributed by atoms with Gasteiger partial charge in [0.15, 0.2) is 0 Å². The number of carbonyl (C=O) groups excluding carboxylic acids is 5. The Morgan fingerprint density at radius 2 is 1.16 bits per heavy atom. The van der Waals surface area contributed by atoms with Crippen molar-refractivity contribution in [3.63, 3.8) is 0 Å². The molecule has 0 unspecified atom stereocenters. The Hall–Kier alpha value is -3.87. The zero-order valence-electron chi connectivity index (χ0n) is 37.2. The van der Waals surface area contributed by atoms with Crippen molar-refractivity contribution in [2.45, 2.75) is 188 Å². The number of nitrogens with one attached hydrogen (secondary N) is 5. The zero-order chi connectivity index (χ0) is 43.2. The summed E-state index contributed by atoms with van der Waals surface area (Å²) in [5.41, 5.74) is 0.327. The summed E-state index contributed by atoms with van der Waals surface area (Å²) in [5.74, 6) is -0.481. The standard InChI is InChI=1S/C45H77N5O8/c1-43(2,3)56-32-37(49-38(51)31-35-25-23-34(24-26-35)21-13-10-11-17-28-47-41(54)57-44(4,5)6)40(53)50-36(22-16-18-29-48-42(55)58-45(7,8)9)39(52)46-30-27-33-19-14-12-15-20-33/h23-26,33,36-37H,10-22,27-32H2,1-9H3,(H,46,52)(H,47,54)(H,48,55)(H,49,51)(H,50,53)/t36-,37-/m0/s1. The van der Waals surface area contributed by atoms with Crippen molar-refractivity contribution < 1.29 is 38.2 Å². The smallest absolute Gasteiger partial charge is 0.407 e. The van der Waals surface area contributed by atoms with Gasteiger partial charge in [0, 0.05) is 19.6 Å². The van der Waals surface area contributed by atoms with E-state index in [2.05, 4.69) is 26.6 Å². The van der Waals surface area contributed by atoms with Crippen LogP contribution in [0, 0.1) is 5.92 Å². The van der Waals surface area contributed by atoms with Gasteiger partial charge in [0.1, 0.15) is 23.3 Å². The minimum absolute atomic E-state index is 0.0626. The molecule has 5 amide bonds.